The van der Waals surface area contributed by atoms with Crippen molar-refractivity contribution in [2.45, 2.75) is 45.9 Å². The summed E-state index contributed by atoms with van der Waals surface area (Å²) in [5.41, 5.74) is 2.29. The van der Waals surface area contributed by atoms with Crippen molar-refractivity contribution < 1.29 is 9.53 Å². The van der Waals surface area contributed by atoms with E-state index in [4.69, 9.17) is 4.74 Å². The molecule has 7 nitrogen and oxygen atoms in total. The third kappa shape index (κ3) is 3.93. The van der Waals surface area contributed by atoms with Gasteiger partial charge in [-0.15, -0.1) is 0 Å². The van der Waals surface area contributed by atoms with Crippen LogP contribution in [0.15, 0.2) is 52.1 Å². The fraction of sp³-hybridized carbons (Fsp3) is 0.348. The predicted molar refractivity (Wildman–Crippen MR) is 116 cm³/mol. The van der Waals surface area contributed by atoms with E-state index in [0.29, 0.717) is 23.2 Å². The number of hydrogen-bond donors (Lipinski definition) is 1. The molecule has 1 atom stereocenters. The zero-order valence-electron chi connectivity index (χ0n) is 17.2. The first-order valence-electron chi connectivity index (χ1n) is 10.1. The van der Waals surface area contributed by atoms with E-state index in [-0.39, 0.29) is 30.7 Å². The van der Waals surface area contributed by atoms with Gasteiger partial charge in [0.2, 0.25) is 5.91 Å². The molecule has 1 aliphatic heterocycles. The van der Waals surface area contributed by atoms with Crippen molar-refractivity contribution >= 4 is 22.5 Å². The fourth-order valence-electron chi connectivity index (χ4n) is 3.88. The van der Waals surface area contributed by atoms with Gasteiger partial charge in [-0.2, -0.15) is 0 Å². The Bertz CT molecular complexity index is 1220. The lowest BCUT2D eigenvalue weighted by atomic mass is 10.1. The number of nitrogens with zero attached hydrogens (tertiary/aromatic N) is 2. The molecule has 1 amide bonds. The minimum atomic E-state index is -0.495. The van der Waals surface area contributed by atoms with Crippen molar-refractivity contribution in [3.63, 3.8) is 0 Å². The molecular weight excluding hydrogens is 382 g/mol. The number of amides is 1. The van der Waals surface area contributed by atoms with E-state index in [2.05, 4.69) is 5.32 Å². The molecule has 0 aliphatic carbocycles. The highest BCUT2D eigenvalue weighted by Gasteiger charge is 2.21. The number of nitrogens with one attached hydrogen (secondary N) is 1. The second kappa shape index (κ2) is 8.28. The quantitative estimate of drug-likeness (QED) is 0.705. The van der Waals surface area contributed by atoms with Gasteiger partial charge >= 0.3 is 5.69 Å². The molecular formula is C23H25N3O4. The maximum atomic E-state index is 13.2. The first-order chi connectivity index (χ1) is 14.4. The Labute approximate surface area is 173 Å². The van der Waals surface area contributed by atoms with Crippen LogP contribution < -0.4 is 16.6 Å². The first-order valence-corrected chi connectivity index (χ1v) is 10.1. The Morgan fingerprint density at radius 2 is 1.93 bits per heavy atom. The number of rotatable bonds is 5. The Hall–Kier alpha value is -3.19. The topological polar surface area (TPSA) is 82.3 Å². The summed E-state index contributed by atoms with van der Waals surface area (Å²) in [5, 5.41) is 3.30. The number of aromatic nitrogens is 2. The van der Waals surface area contributed by atoms with E-state index in [1.165, 1.54) is 9.13 Å². The number of fused-ring (bicyclic) bond motifs is 1. The highest BCUT2D eigenvalue weighted by atomic mass is 16.5. The average molecular weight is 407 g/mol. The molecule has 1 aromatic heterocycles. The number of para-hydroxylation sites is 1. The number of hydrogen-bond acceptors (Lipinski definition) is 4. The molecule has 0 saturated carbocycles. The monoisotopic (exact) mass is 407 g/mol. The molecule has 156 valence electrons. The molecule has 1 N–H and O–H groups in total. The van der Waals surface area contributed by atoms with Gasteiger partial charge in [0, 0.05) is 12.3 Å². The number of benzene rings is 2. The summed E-state index contributed by atoms with van der Waals surface area (Å²) in [6, 6.07) is 12.7. The maximum absolute atomic E-state index is 13.2. The summed E-state index contributed by atoms with van der Waals surface area (Å²) >= 11 is 0. The molecule has 30 heavy (non-hydrogen) atoms. The van der Waals surface area contributed by atoms with Gasteiger partial charge in [-0.05, 0) is 56.0 Å². The van der Waals surface area contributed by atoms with Crippen LogP contribution >= 0.6 is 0 Å². The number of ether oxygens (including phenoxy) is 1. The second-order valence-corrected chi connectivity index (χ2v) is 7.80. The normalized spacial score (nSPS) is 16.1. The lowest BCUT2D eigenvalue weighted by Crippen LogP contribution is -2.43. The number of carbonyl (C=O) groups excluding carboxylic acids is 1. The molecule has 0 radical (unpaired) electrons. The molecule has 1 aliphatic rings. The Balaban J connectivity index is 1.72. The summed E-state index contributed by atoms with van der Waals surface area (Å²) in [7, 11) is 0. The average Bonchev–Trinajstić information content (AvgIpc) is 3.24. The standard InChI is InChI=1S/C23H25N3O4/c1-15-9-10-16(2)19(12-15)24-21(27)14-25-20-8-4-3-7-18(20)22(28)26(23(25)29)13-17-6-5-11-30-17/h3-4,7-10,12,17H,5-6,11,13-14H2,1-2H3,(H,24,27). The largest absolute Gasteiger partial charge is 0.376 e. The fourth-order valence-corrected chi connectivity index (χ4v) is 3.88. The van der Waals surface area contributed by atoms with Crippen molar-refractivity contribution in [2.75, 3.05) is 11.9 Å². The van der Waals surface area contributed by atoms with Crippen LogP contribution in [0.1, 0.15) is 24.0 Å². The van der Waals surface area contributed by atoms with Crippen LogP contribution in [0.25, 0.3) is 10.9 Å². The van der Waals surface area contributed by atoms with Gasteiger partial charge in [-0.3, -0.25) is 18.7 Å². The zero-order valence-corrected chi connectivity index (χ0v) is 17.2. The molecule has 4 rings (SSSR count). The third-order valence-corrected chi connectivity index (χ3v) is 5.51. The third-order valence-electron chi connectivity index (χ3n) is 5.51. The van der Waals surface area contributed by atoms with Crippen LogP contribution in [0.4, 0.5) is 5.69 Å². The first kappa shape index (κ1) is 20.1. The number of aryl methyl sites for hydroxylation is 2. The number of carbonyl (C=O) groups is 1. The van der Waals surface area contributed by atoms with Crippen LogP contribution in [0.3, 0.4) is 0 Å². The molecule has 2 heterocycles. The van der Waals surface area contributed by atoms with Crippen LogP contribution in [-0.4, -0.2) is 27.8 Å². The SMILES string of the molecule is Cc1ccc(C)c(NC(=O)Cn2c(=O)n(CC3CCCO3)c(=O)c3ccccc32)c1. The summed E-state index contributed by atoms with van der Waals surface area (Å²) < 4.78 is 8.18. The van der Waals surface area contributed by atoms with Gasteiger partial charge in [0.25, 0.3) is 5.56 Å². The van der Waals surface area contributed by atoms with Crippen molar-refractivity contribution in [3.8, 4) is 0 Å². The van der Waals surface area contributed by atoms with E-state index in [9.17, 15) is 14.4 Å². The van der Waals surface area contributed by atoms with E-state index < -0.39 is 5.69 Å². The van der Waals surface area contributed by atoms with Crippen molar-refractivity contribution in [1.29, 1.82) is 0 Å². The molecule has 7 heteroatoms. The lowest BCUT2D eigenvalue weighted by Gasteiger charge is -2.16. The van der Waals surface area contributed by atoms with Crippen LogP contribution in [-0.2, 0) is 22.6 Å². The van der Waals surface area contributed by atoms with Gasteiger partial charge in [-0.1, -0.05) is 24.3 Å². The second-order valence-electron chi connectivity index (χ2n) is 7.80. The highest BCUT2D eigenvalue weighted by Crippen LogP contribution is 2.17. The predicted octanol–water partition coefficient (Wildman–Crippen LogP) is 2.60. The van der Waals surface area contributed by atoms with E-state index >= 15 is 0 Å². The smallest absolute Gasteiger partial charge is 0.332 e. The van der Waals surface area contributed by atoms with Gasteiger partial charge < -0.3 is 10.1 Å². The van der Waals surface area contributed by atoms with Crippen LogP contribution in [0, 0.1) is 13.8 Å². The molecule has 2 aromatic carbocycles. The maximum Gasteiger partial charge on any atom is 0.332 e. The lowest BCUT2D eigenvalue weighted by molar-refractivity contribution is -0.116. The van der Waals surface area contributed by atoms with Gasteiger partial charge in [0.1, 0.15) is 6.54 Å². The van der Waals surface area contributed by atoms with E-state index in [0.717, 1.165) is 24.0 Å². The Morgan fingerprint density at radius 3 is 2.70 bits per heavy atom. The molecule has 1 fully saturated rings. The summed E-state index contributed by atoms with van der Waals surface area (Å²) in [4.78, 5) is 38.9. The molecule has 0 bridgehead atoms. The van der Waals surface area contributed by atoms with Crippen molar-refractivity contribution in [3.05, 3.63) is 74.4 Å². The summed E-state index contributed by atoms with van der Waals surface area (Å²) in [6.07, 6.45) is 1.57. The Morgan fingerprint density at radius 1 is 1.13 bits per heavy atom. The minimum absolute atomic E-state index is 0.159. The van der Waals surface area contributed by atoms with Gasteiger partial charge in [0.05, 0.1) is 23.6 Å². The molecule has 0 spiro atoms. The van der Waals surface area contributed by atoms with E-state index in [1.54, 1.807) is 24.3 Å². The van der Waals surface area contributed by atoms with E-state index in [1.807, 2.05) is 32.0 Å². The van der Waals surface area contributed by atoms with Crippen molar-refractivity contribution in [2.24, 2.45) is 0 Å². The minimum Gasteiger partial charge on any atom is -0.376 e. The van der Waals surface area contributed by atoms with Crippen LogP contribution in [0.2, 0.25) is 0 Å². The number of anilines is 1. The van der Waals surface area contributed by atoms with Gasteiger partial charge in [0.15, 0.2) is 0 Å². The molecule has 1 saturated heterocycles. The van der Waals surface area contributed by atoms with Gasteiger partial charge in [-0.25, -0.2) is 4.79 Å². The Kier molecular flexibility index (Phi) is 5.55. The summed E-state index contributed by atoms with van der Waals surface area (Å²) in [5.74, 6) is -0.321. The van der Waals surface area contributed by atoms with Crippen LogP contribution in [0.5, 0.6) is 0 Å². The molecule has 1 unspecified atom stereocenters. The summed E-state index contributed by atoms with van der Waals surface area (Å²) in [6.45, 7) is 4.52. The highest BCUT2D eigenvalue weighted by molar-refractivity contribution is 5.92. The van der Waals surface area contributed by atoms with Crippen molar-refractivity contribution in [1.82, 2.24) is 9.13 Å². The zero-order chi connectivity index (χ0) is 21.3. The molecule has 3 aromatic rings.